The largest absolute Gasteiger partial charge is 0.367 e. The van der Waals surface area contributed by atoms with Crippen molar-refractivity contribution in [2.24, 2.45) is 5.73 Å². The zero-order chi connectivity index (χ0) is 9.10. The van der Waals surface area contributed by atoms with Crippen LogP contribution in [0, 0.1) is 0 Å². The number of H-pyrrole nitrogens is 1. The van der Waals surface area contributed by atoms with Gasteiger partial charge in [0.25, 0.3) is 0 Å². The molecule has 4 N–H and O–H groups in total. The van der Waals surface area contributed by atoms with Crippen molar-refractivity contribution in [2.75, 3.05) is 5.32 Å². The standard InChI is InChI=1S/C10H17N3/c11-8-4-1-2-5-9(8)13-10-6-3-7-12-10/h3,6-9,12-13H,1-2,4-5,11H2. The Bertz CT molecular complexity index is 243. The molecule has 1 aliphatic carbocycles. The highest BCUT2D eigenvalue weighted by Gasteiger charge is 2.21. The molecule has 0 amide bonds. The van der Waals surface area contributed by atoms with E-state index in [9.17, 15) is 0 Å². The second-order valence-electron chi connectivity index (χ2n) is 3.78. The smallest absolute Gasteiger partial charge is 0.103 e. The number of nitrogens with two attached hydrogens (primary N) is 1. The second kappa shape index (κ2) is 3.83. The third-order valence-electron chi connectivity index (χ3n) is 2.76. The molecular weight excluding hydrogens is 162 g/mol. The van der Waals surface area contributed by atoms with E-state index in [0.29, 0.717) is 12.1 Å². The minimum atomic E-state index is 0.317. The number of hydrogen-bond acceptors (Lipinski definition) is 2. The molecular formula is C10H17N3. The fraction of sp³-hybridized carbons (Fsp3) is 0.600. The Morgan fingerprint density at radius 3 is 2.92 bits per heavy atom. The summed E-state index contributed by atoms with van der Waals surface area (Å²) in [6, 6.07) is 4.81. The fourth-order valence-electron chi connectivity index (χ4n) is 1.96. The van der Waals surface area contributed by atoms with Crippen LogP contribution in [-0.2, 0) is 0 Å². The molecule has 3 nitrogen and oxygen atoms in total. The SMILES string of the molecule is NC1CCCCC1Nc1ccc[nH]1. The second-order valence-corrected chi connectivity index (χ2v) is 3.78. The minimum Gasteiger partial charge on any atom is -0.367 e. The predicted octanol–water partition coefficient (Wildman–Crippen LogP) is 1.70. The third kappa shape index (κ3) is 2.04. The number of hydrogen-bond donors (Lipinski definition) is 3. The van der Waals surface area contributed by atoms with Crippen molar-refractivity contribution >= 4 is 5.82 Å². The van der Waals surface area contributed by atoms with E-state index < -0.39 is 0 Å². The van der Waals surface area contributed by atoms with Gasteiger partial charge in [0.05, 0.1) is 0 Å². The number of aromatic amines is 1. The molecule has 72 valence electrons. The molecule has 13 heavy (non-hydrogen) atoms. The van der Waals surface area contributed by atoms with Gasteiger partial charge >= 0.3 is 0 Å². The average Bonchev–Trinajstić information content (AvgIpc) is 2.61. The molecule has 0 aromatic carbocycles. The molecule has 2 rings (SSSR count). The van der Waals surface area contributed by atoms with Crippen molar-refractivity contribution in [3.63, 3.8) is 0 Å². The van der Waals surface area contributed by atoms with E-state index in [1.807, 2.05) is 18.3 Å². The van der Waals surface area contributed by atoms with Crippen LogP contribution in [0.2, 0.25) is 0 Å². The maximum atomic E-state index is 6.02. The van der Waals surface area contributed by atoms with E-state index >= 15 is 0 Å². The van der Waals surface area contributed by atoms with Gasteiger partial charge in [-0.25, -0.2) is 0 Å². The van der Waals surface area contributed by atoms with Crippen molar-refractivity contribution in [1.29, 1.82) is 0 Å². The zero-order valence-electron chi connectivity index (χ0n) is 7.79. The Kier molecular flexibility index (Phi) is 2.54. The fourth-order valence-corrected chi connectivity index (χ4v) is 1.96. The van der Waals surface area contributed by atoms with Crippen LogP contribution in [0.15, 0.2) is 18.3 Å². The molecule has 0 bridgehead atoms. The van der Waals surface area contributed by atoms with Crippen LogP contribution in [0.25, 0.3) is 0 Å². The summed E-state index contributed by atoms with van der Waals surface area (Å²) in [4.78, 5) is 3.14. The van der Waals surface area contributed by atoms with Crippen LogP contribution in [-0.4, -0.2) is 17.1 Å². The monoisotopic (exact) mass is 179 g/mol. The van der Waals surface area contributed by atoms with E-state index in [4.69, 9.17) is 5.73 Å². The van der Waals surface area contributed by atoms with E-state index in [2.05, 4.69) is 10.3 Å². The van der Waals surface area contributed by atoms with Crippen LogP contribution in [0.1, 0.15) is 25.7 Å². The Morgan fingerprint density at radius 2 is 2.23 bits per heavy atom. The van der Waals surface area contributed by atoms with E-state index in [-0.39, 0.29) is 0 Å². The molecule has 1 aliphatic rings. The van der Waals surface area contributed by atoms with E-state index in [1.165, 1.54) is 19.3 Å². The molecule has 1 saturated carbocycles. The number of aromatic nitrogens is 1. The Labute approximate surface area is 78.7 Å². The molecule has 2 atom stereocenters. The van der Waals surface area contributed by atoms with Gasteiger partial charge in [-0.05, 0) is 25.0 Å². The van der Waals surface area contributed by atoms with Crippen molar-refractivity contribution < 1.29 is 0 Å². The molecule has 1 fully saturated rings. The molecule has 2 unspecified atom stereocenters. The average molecular weight is 179 g/mol. The van der Waals surface area contributed by atoms with Crippen LogP contribution < -0.4 is 11.1 Å². The zero-order valence-corrected chi connectivity index (χ0v) is 7.79. The normalized spacial score (nSPS) is 28.7. The Balaban J connectivity index is 1.93. The van der Waals surface area contributed by atoms with Crippen molar-refractivity contribution in [2.45, 2.75) is 37.8 Å². The maximum absolute atomic E-state index is 6.02. The molecule has 1 aromatic rings. The van der Waals surface area contributed by atoms with Crippen LogP contribution in [0.3, 0.4) is 0 Å². The van der Waals surface area contributed by atoms with Gasteiger partial charge in [0, 0.05) is 18.3 Å². The van der Waals surface area contributed by atoms with Crippen LogP contribution in [0.5, 0.6) is 0 Å². The molecule has 0 saturated heterocycles. The van der Waals surface area contributed by atoms with Gasteiger partial charge in [-0.15, -0.1) is 0 Å². The Morgan fingerprint density at radius 1 is 1.38 bits per heavy atom. The lowest BCUT2D eigenvalue weighted by Crippen LogP contribution is -2.42. The molecule has 1 aromatic heterocycles. The topological polar surface area (TPSA) is 53.8 Å². The quantitative estimate of drug-likeness (QED) is 0.647. The predicted molar refractivity (Wildman–Crippen MR) is 54.6 cm³/mol. The van der Waals surface area contributed by atoms with Gasteiger partial charge in [0.2, 0.25) is 0 Å². The van der Waals surface area contributed by atoms with Crippen LogP contribution >= 0.6 is 0 Å². The lowest BCUT2D eigenvalue weighted by Gasteiger charge is -2.29. The number of rotatable bonds is 2. The summed E-state index contributed by atoms with van der Waals surface area (Å²) in [5.41, 5.74) is 6.02. The van der Waals surface area contributed by atoms with Crippen molar-refractivity contribution in [3.8, 4) is 0 Å². The molecule has 3 heteroatoms. The van der Waals surface area contributed by atoms with E-state index in [0.717, 1.165) is 12.2 Å². The molecule has 1 heterocycles. The summed E-state index contributed by atoms with van der Waals surface area (Å²) in [6.45, 7) is 0. The van der Waals surface area contributed by atoms with Gasteiger partial charge in [0.1, 0.15) is 5.82 Å². The molecule has 0 radical (unpaired) electrons. The summed E-state index contributed by atoms with van der Waals surface area (Å²) in [6.07, 6.45) is 6.85. The highest BCUT2D eigenvalue weighted by Crippen LogP contribution is 2.19. The highest BCUT2D eigenvalue weighted by molar-refractivity contribution is 5.36. The van der Waals surface area contributed by atoms with Crippen molar-refractivity contribution in [1.82, 2.24) is 4.98 Å². The van der Waals surface area contributed by atoms with Gasteiger partial charge < -0.3 is 16.0 Å². The Hall–Kier alpha value is -0.960. The third-order valence-corrected chi connectivity index (χ3v) is 2.76. The van der Waals surface area contributed by atoms with Gasteiger partial charge in [-0.1, -0.05) is 12.8 Å². The lowest BCUT2D eigenvalue weighted by atomic mass is 9.91. The van der Waals surface area contributed by atoms with Gasteiger partial charge in [-0.2, -0.15) is 0 Å². The first-order valence-electron chi connectivity index (χ1n) is 5.02. The summed E-state index contributed by atoms with van der Waals surface area (Å²) in [7, 11) is 0. The van der Waals surface area contributed by atoms with Gasteiger partial charge in [0.15, 0.2) is 0 Å². The molecule has 0 spiro atoms. The number of anilines is 1. The van der Waals surface area contributed by atoms with Crippen molar-refractivity contribution in [3.05, 3.63) is 18.3 Å². The van der Waals surface area contributed by atoms with Gasteiger partial charge in [-0.3, -0.25) is 0 Å². The lowest BCUT2D eigenvalue weighted by molar-refractivity contribution is 0.403. The summed E-state index contributed by atoms with van der Waals surface area (Å²) in [5.74, 6) is 1.09. The summed E-state index contributed by atoms with van der Waals surface area (Å²) in [5, 5.41) is 3.43. The number of nitrogens with one attached hydrogen (secondary N) is 2. The first-order valence-corrected chi connectivity index (χ1v) is 5.02. The van der Waals surface area contributed by atoms with E-state index in [1.54, 1.807) is 0 Å². The van der Waals surface area contributed by atoms with Crippen LogP contribution in [0.4, 0.5) is 5.82 Å². The summed E-state index contributed by atoms with van der Waals surface area (Å²) < 4.78 is 0. The minimum absolute atomic E-state index is 0.317. The first kappa shape index (κ1) is 8.63. The summed E-state index contributed by atoms with van der Waals surface area (Å²) >= 11 is 0. The highest BCUT2D eigenvalue weighted by atomic mass is 15.0. The first-order chi connectivity index (χ1) is 6.36. The molecule has 0 aliphatic heterocycles. The maximum Gasteiger partial charge on any atom is 0.103 e.